The third kappa shape index (κ3) is 5.91. The quantitative estimate of drug-likeness (QED) is 0.570. The first-order chi connectivity index (χ1) is 16.2. The van der Waals surface area contributed by atoms with Crippen LogP contribution in [0.15, 0.2) is 35.2 Å². The molecule has 186 valence electrons. The molecule has 1 aliphatic rings. The van der Waals surface area contributed by atoms with Gasteiger partial charge in [-0.05, 0) is 62.4 Å². The molecule has 8 heteroatoms. The van der Waals surface area contributed by atoms with Gasteiger partial charge in [0.15, 0.2) is 11.5 Å². The molecule has 0 spiro atoms. The Morgan fingerprint density at radius 1 is 0.971 bits per heavy atom. The van der Waals surface area contributed by atoms with E-state index in [9.17, 15) is 13.2 Å². The Morgan fingerprint density at radius 3 is 2.18 bits per heavy atom. The molecule has 0 saturated heterocycles. The Labute approximate surface area is 203 Å². The largest absolute Gasteiger partial charge is 0.493 e. The number of aryl methyl sites for hydroxylation is 3. The van der Waals surface area contributed by atoms with E-state index in [2.05, 4.69) is 5.32 Å². The average Bonchev–Trinajstić information content (AvgIpc) is 2.80. The zero-order chi connectivity index (χ0) is 24.9. The van der Waals surface area contributed by atoms with Crippen molar-refractivity contribution in [2.75, 3.05) is 20.8 Å². The van der Waals surface area contributed by atoms with E-state index in [4.69, 9.17) is 9.47 Å². The van der Waals surface area contributed by atoms with Crippen molar-refractivity contribution in [1.82, 2.24) is 9.62 Å². The Bertz CT molecular complexity index is 1100. The molecule has 1 aliphatic carbocycles. The molecule has 1 fully saturated rings. The molecule has 0 aromatic heterocycles. The predicted molar refractivity (Wildman–Crippen MR) is 133 cm³/mol. The SMILES string of the molecule is COc1ccc(CNC(=O)CN(C2CCCCC2)S(=O)(=O)c2c(C)cc(C)cc2C)cc1OC. The van der Waals surface area contributed by atoms with Crippen LogP contribution in [0.25, 0.3) is 0 Å². The second-order valence-corrected chi connectivity index (χ2v) is 10.9. The number of hydrogen-bond acceptors (Lipinski definition) is 5. The van der Waals surface area contributed by atoms with Crippen LogP contribution in [0.3, 0.4) is 0 Å². The molecule has 1 saturated carbocycles. The van der Waals surface area contributed by atoms with Gasteiger partial charge in [0.2, 0.25) is 15.9 Å². The summed E-state index contributed by atoms with van der Waals surface area (Å²) in [7, 11) is -0.716. The lowest BCUT2D eigenvalue weighted by Crippen LogP contribution is -2.47. The molecular formula is C26H36N2O5S. The lowest BCUT2D eigenvalue weighted by atomic mass is 9.95. The highest BCUT2D eigenvalue weighted by Crippen LogP contribution is 2.31. The smallest absolute Gasteiger partial charge is 0.244 e. The van der Waals surface area contributed by atoms with Gasteiger partial charge in [-0.3, -0.25) is 4.79 Å². The van der Waals surface area contributed by atoms with E-state index in [1.54, 1.807) is 26.4 Å². The zero-order valence-corrected chi connectivity index (χ0v) is 21.6. The number of carbonyl (C=O) groups excluding carboxylic acids is 1. The number of amides is 1. The van der Waals surface area contributed by atoms with Crippen molar-refractivity contribution in [3.63, 3.8) is 0 Å². The third-order valence-electron chi connectivity index (χ3n) is 6.39. The van der Waals surface area contributed by atoms with Crippen molar-refractivity contribution in [2.45, 2.75) is 70.4 Å². The second kappa shape index (κ2) is 11.2. The van der Waals surface area contributed by atoms with Gasteiger partial charge in [0.25, 0.3) is 0 Å². The minimum absolute atomic E-state index is 0.175. The Hall–Kier alpha value is -2.58. The van der Waals surface area contributed by atoms with Crippen molar-refractivity contribution in [2.24, 2.45) is 0 Å². The monoisotopic (exact) mass is 488 g/mol. The molecular weight excluding hydrogens is 452 g/mol. The molecule has 0 atom stereocenters. The fourth-order valence-electron chi connectivity index (χ4n) is 4.86. The molecule has 3 rings (SSSR count). The van der Waals surface area contributed by atoms with Crippen LogP contribution in [0, 0.1) is 20.8 Å². The van der Waals surface area contributed by atoms with Gasteiger partial charge >= 0.3 is 0 Å². The zero-order valence-electron chi connectivity index (χ0n) is 20.8. The van der Waals surface area contributed by atoms with Gasteiger partial charge in [0.1, 0.15) is 0 Å². The number of benzene rings is 2. The van der Waals surface area contributed by atoms with Gasteiger partial charge in [-0.2, -0.15) is 4.31 Å². The van der Waals surface area contributed by atoms with E-state index < -0.39 is 10.0 Å². The van der Waals surface area contributed by atoms with Gasteiger partial charge in [0, 0.05) is 12.6 Å². The van der Waals surface area contributed by atoms with Crippen molar-refractivity contribution < 1.29 is 22.7 Å². The number of nitrogens with one attached hydrogen (secondary N) is 1. The number of sulfonamides is 1. The summed E-state index contributed by atoms with van der Waals surface area (Å²) < 4.78 is 39.7. The molecule has 2 aromatic carbocycles. The summed E-state index contributed by atoms with van der Waals surface area (Å²) in [5.74, 6) is 0.855. The van der Waals surface area contributed by atoms with Gasteiger partial charge in [-0.1, -0.05) is 43.0 Å². The number of ether oxygens (including phenoxy) is 2. The first-order valence-corrected chi connectivity index (χ1v) is 13.2. The molecule has 1 amide bonds. The number of rotatable bonds is 9. The van der Waals surface area contributed by atoms with Crippen molar-refractivity contribution >= 4 is 15.9 Å². The molecule has 2 aromatic rings. The highest BCUT2D eigenvalue weighted by molar-refractivity contribution is 7.89. The van der Waals surface area contributed by atoms with Crippen LogP contribution in [-0.2, 0) is 21.4 Å². The van der Waals surface area contributed by atoms with E-state index in [0.717, 1.165) is 43.2 Å². The van der Waals surface area contributed by atoms with E-state index in [1.165, 1.54) is 4.31 Å². The normalized spacial score (nSPS) is 14.8. The predicted octanol–water partition coefficient (Wildman–Crippen LogP) is 4.27. The minimum Gasteiger partial charge on any atom is -0.493 e. The molecule has 0 heterocycles. The fourth-order valence-corrected chi connectivity index (χ4v) is 6.92. The van der Waals surface area contributed by atoms with Crippen molar-refractivity contribution in [1.29, 1.82) is 0 Å². The minimum atomic E-state index is -3.84. The van der Waals surface area contributed by atoms with Gasteiger partial charge < -0.3 is 14.8 Å². The molecule has 1 N–H and O–H groups in total. The number of nitrogens with zero attached hydrogens (tertiary/aromatic N) is 1. The molecule has 7 nitrogen and oxygen atoms in total. The van der Waals surface area contributed by atoms with Gasteiger partial charge in [0.05, 0.1) is 25.7 Å². The molecule has 0 unspecified atom stereocenters. The Balaban J connectivity index is 1.82. The average molecular weight is 489 g/mol. The maximum Gasteiger partial charge on any atom is 0.244 e. The molecule has 0 aliphatic heterocycles. The lowest BCUT2D eigenvalue weighted by molar-refractivity contribution is -0.121. The number of carbonyl (C=O) groups is 1. The van der Waals surface area contributed by atoms with E-state index in [-0.39, 0.29) is 25.0 Å². The maximum atomic E-state index is 13.9. The van der Waals surface area contributed by atoms with Crippen LogP contribution in [0.2, 0.25) is 0 Å². The van der Waals surface area contributed by atoms with Gasteiger partial charge in [-0.15, -0.1) is 0 Å². The number of methoxy groups -OCH3 is 2. The summed E-state index contributed by atoms with van der Waals surface area (Å²) in [5, 5.41) is 2.88. The number of hydrogen-bond donors (Lipinski definition) is 1. The van der Waals surface area contributed by atoms with Gasteiger partial charge in [-0.25, -0.2) is 8.42 Å². The van der Waals surface area contributed by atoms with Crippen LogP contribution in [-0.4, -0.2) is 45.4 Å². The Kier molecular flexibility index (Phi) is 8.60. The van der Waals surface area contributed by atoms with Crippen LogP contribution in [0.5, 0.6) is 11.5 Å². The molecule has 0 radical (unpaired) electrons. The standard InChI is InChI=1S/C26H36N2O5S/c1-18-13-19(2)26(20(3)14-18)34(30,31)28(22-9-7-6-8-10-22)17-25(29)27-16-21-11-12-23(32-4)24(15-21)33-5/h11-15,22H,6-10,16-17H2,1-5H3,(H,27,29). The summed E-state index contributed by atoms with van der Waals surface area (Å²) in [6.45, 7) is 5.66. The summed E-state index contributed by atoms with van der Waals surface area (Å²) in [6.07, 6.45) is 4.57. The molecule has 0 bridgehead atoms. The summed E-state index contributed by atoms with van der Waals surface area (Å²) >= 11 is 0. The first kappa shape index (κ1) is 26.0. The van der Waals surface area contributed by atoms with Crippen molar-refractivity contribution in [3.8, 4) is 11.5 Å². The van der Waals surface area contributed by atoms with Crippen LogP contribution in [0.1, 0.15) is 54.4 Å². The summed E-state index contributed by atoms with van der Waals surface area (Å²) in [4.78, 5) is 13.3. The lowest BCUT2D eigenvalue weighted by Gasteiger charge is -2.33. The first-order valence-electron chi connectivity index (χ1n) is 11.7. The second-order valence-electron chi connectivity index (χ2n) is 9.04. The summed E-state index contributed by atoms with van der Waals surface area (Å²) in [6, 6.07) is 9.02. The molecule has 34 heavy (non-hydrogen) atoms. The Morgan fingerprint density at radius 2 is 1.59 bits per heavy atom. The van der Waals surface area contributed by atoms with Crippen LogP contribution in [0.4, 0.5) is 0 Å². The maximum absolute atomic E-state index is 13.9. The van der Waals surface area contributed by atoms with E-state index in [0.29, 0.717) is 27.5 Å². The highest BCUT2D eigenvalue weighted by Gasteiger charge is 2.35. The van der Waals surface area contributed by atoms with Crippen LogP contribution < -0.4 is 14.8 Å². The van der Waals surface area contributed by atoms with Crippen molar-refractivity contribution in [3.05, 3.63) is 52.6 Å². The fraction of sp³-hybridized carbons (Fsp3) is 0.500. The van der Waals surface area contributed by atoms with E-state index >= 15 is 0 Å². The van der Waals surface area contributed by atoms with E-state index in [1.807, 2.05) is 39.0 Å². The highest BCUT2D eigenvalue weighted by atomic mass is 32.2. The summed E-state index contributed by atoms with van der Waals surface area (Å²) in [5.41, 5.74) is 3.28. The topological polar surface area (TPSA) is 84.9 Å². The van der Waals surface area contributed by atoms with Crippen LogP contribution >= 0.6 is 0 Å². The third-order valence-corrected chi connectivity index (χ3v) is 8.59.